The van der Waals surface area contributed by atoms with Crippen molar-refractivity contribution in [3.05, 3.63) is 34.9 Å². The number of carbonyl (C=O) groups is 1. The number of fused-ring (bicyclic) bond motifs is 1. The monoisotopic (exact) mass is 256 g/mol. The summed E-state index contributed by atoms with van der Waals surface area (Å²) in [5.41, 5.74) is 4.00. The summed E-state index contributed by atoms with van der Waals surface area (Å²) in [6.45, 7) is 2.37. The standard InChI is InChI=1S/C16H20N2O/c1-2-13(10-17)16(19)18-11-12-7-8-14-5-3-4-6-15(14)9-12/h7-9,13H,2-6,11H2,1H3,(H,18,19). The van der Waals surface area contributed by atoms with Crippen molar-refractivity contribution in [2.45, 2.75) is 45.6 Å². The molecule has 0 bridgehead atoms. The van der Waals surface area contributed by atoms with Crippen molar-refractivity contribution in [1.29, 1.82) is 5.26 Å². The lowest BCUT2D eigenvalue weighted by Crippen LogP contribution is -2.29. The maximum Gasteiger partial charge on any atom is 0.237 e. The van der Waals surface area contributed by atoms with Gasteiger partial charge >= 0.3 is 0 Å². The van der Waals surface area contributed by atoms with E-state index in [1.807, 2.05) is 13.0 Å². The van der Waals surface area contributed by atoms with Crippen LogP contribution in [0.3, 0.4) is 0 Å². The van der Waals surface area contributed by atoms with E-state index in [1.54, 1.807) is 0 Å². The number of amides is 1. The van der Waals surface area contributed by atoms with Gasteiger partial charge in [0.25, 0.3) is 0 Å². The number of carbonyl (C=O) groups excluding carboxylic acids is 1. The fourth-order valence-electron chi connectivity index (χ4n) is 2.54. The van der Waals surface area contributed by atoms with Crippen molar-refractivity contribution in [1.82, 2.24) is 5.32 Å². The number of rotatable bonds is 4. The van der Waals surface area contributed by atoms with E-state index < -0.39 is 5.92 Å². The molecule has 0 aromatic heterocycles. The molecular weight excluding hydrogens is 236 g/mol. The van der Waals surface area contributed by atoms with Crippen LogP contribution in [-0.2, 0) is 24.2 Å². The van der Waals surface area contributed by atoms with Crippen LogP contribution in [0.15, 0.2) is 18.2 Å². The molecule has 1 atom stereocenters. The minimum Gasteiger partial charge on any atom is -0.351 e. The molecule has 1 amide bonds. The molecule has 0 heterocycles. The lowest BCUT2D eigenvalue weighted by molar-refractivity contribution is -0.123. The van der Waals surface area contributed by atoms with E-state index in [-0.39, 0.29) is 5.91 Å². The molecule has 1 N–H and O–H groups in total. The van der Waals surface area contributed by atoms with Gasteiger partial charge in [-0.2, -0.15) is 5.26 Å². The normalized spacial score (nSPS) is 15.2. The van der Waals surface area contributed by atoms with Crippen LogP contribution in [0.4, 0.5) is 0 Å². The Morgan fingerprint density at radius 2 is 2.11 bits per heavy atom. The van der Waals surface area contributed by atoms with Gasteiger partial charge < -0.3 is 5.32 Å². The number of hydrogen-bond donors (Lipinski definition) is 1. The number of hydrogen-bond acceptors (Lipinski definition) is 2. The van der Waals surface area contributed by atoms with Crippen molar-refractivity contribution in [3.63, 3.8) is 0 Å². The van der Waals surface area contributed by atoms with Crippen molar-refractivity contribution >= 4 is 5.91 Å². The third kappa shape index (κ3) is 3.35. The number of nitrogens with zero attached hydrogens (tertiary/aromatic N) is 1. The summed E-state index contributed by atoms with van der Waals surface area (Å²) < 4.78 is 0. The van der Waals surface area contributed by atoms with Crippen LogP contribution in [0, 0.1) is 17.2 Å². The lowest BCUT2D eigenvalue weighted by Gasteiger charge is -2.17. The maximum absolute atomic E-state index is 11.7. The molecule has 3 heteroatoms. The van der Waals surface area contributed by atoms with Crippen LogP contribution in [0.2, 0.25) is 0 Å². The van der Waals surface area contributed by atoms with Crippen molar-refractivity contribution < 1.29 is 4.79 Å². The minimum absolute atomic E-state index is 0.164. The summed E-state index contributed by atoms with van der Waals surface area (Å²) in [5, 5.41) is 11.7. The van der Waals surface area contributed by atoms with Gasteiger partial charge in [-0.15, -0.1) is 0 Å². The molecule has 0 fully saturated rings. The molecule has 0 spiro atoms. The predicted octanol–water partition coefficient (Wildman–Crippen LogP) is 2.73. The third-order valence-electron chi connectivity index (χ3n) is 3.76. The highest BCUT2D eigenvalue weighted by atomic mass is 16.1. The molecule has 19 heavy (non-hydrogen) atoms. The molecule has 1 aromatic carbocycles. The molecule has 100 valence electrons. The Bertz CT molecular complexity index is 502. The van der Waals surface area contributed by atoms with Crippen molar-refractivity contribution in [3.8, 4) is 6.07 Å². The molecule has 1 aliphatic carbocycles. The van der Waals surface area contributed by atoms with E-state index in [0.29, 0.717) is 13.0 Å². The molecule has 3 nitrogen and oxygen atoms in total. The molecule has 0 saturated heterocycles. The lowest BCUT2D eigenvalue weighted by atomic mass is 9.90. The highest BCUT2D eigenvalue weighted by Gasteiger charge is 2.15. The van der Waals surface area contributed by atoms with Crippen LogP contribution >= 0.6 is 0 Å². The van der Waals surface area contributed by atoms with E-state index >= 15 is 0 Å². The zero-order valence-electron chi connectivity index (χ0n) is 11.4. The van der Waals surface area contributed by atoms with Crippen molar-refractivity contribution in [2.24, 2.45) is 5.92 Å². The fraction of sp³-hybridized carbons (Fsp3) is 0.500. The predicted molar refractivity (Wildman–Crippen MR) is 74.3 cm³/mol. The quantitative estimate of drug-likeness (QED) is 0.900. The average molecular weight is 256 g/mol. The first-order valence-corrected chi connectivity index (χ1v) is 7.02. The topological polar surface area (TPSA) is 52.9 Å². The average Bonchev–Trinajstić information content (AvgIpc) is 2.46. The van der Waals surface area contributed by atoms with E-state index in [9.17, 15) is 4.79 Å². The Balaban J connectivity index is 1.97. The van der Waals surface area contributed by atoms with Crippen LogP contribution in [0.25, 0.3) is 0 Å². The Kier molecular flexibility index (Phi) is 4.57. The molecule has 1 aromatic rings. The van der Waals surface area contributed by atoms with E-state index in [4.69, 9.17) is 5.26 Å². The Morgan fingerprint density at radius 1 is 1.37 bits per heavy atom. The summed E-state index contributed by atoms with van der Waals surface area (Å²) in [7, 11) is 0. The third-order valence-corrected chi connectivity index (χ3v) is 3.76. The van der Waals surface area contributed by atoms with Gasteiger partial charge in [0.05, 0.1) is 6.07 Å². The summed E-state index contributed by atoms with van der Waals surface area (Å²) in [5.74, 6) is -0.694. The summed E-state index contributed by atoms with van der Waals surface area (Å²) in [4.78, 5) is 11.7. The van der Waals surface area contributed by atoms with Crippen molar-refractivity contribution in [2.75, 3.05) is 0 Å². The second kappa shape index (κ2) is 6.38. The second-order valence-electron chi connectivity index (χ2n) is 5.12. The van der Waals surface area contributed by atoms with E-state index in [2.05, 4.69) is 23.5 Å². The zero-order valence-corrected chi connectivity index (χ0v) is 11.4. The van der Waals surface area contributed by atoms with Gasteiger partial charge in [0, 0.05) is 6.54 Å². The number of nitrogens with one attached hydrogen (secondary N) is 1. The maximum atomic E-state index is 11.7. The number of aryl methyl sites for hydroxylation is 2. The zero-order chi connectivity index (χ0) is 13.7. The van der Waals surface area contributed by atoms with Gasteiger partial charge in [-0.25, -0.2) is 0 Å². The molecule has 0 radical (unpaired) electrons. The van der Waals surface area contributed by atoms with Gasteiger partial charge in [0.2, 0.25) is 5.91 Å². The number of benzene rings is 1. The number of nitriles is 1. The summed E-state index contributed by atoms with van der Waals surface area (Å²) in [6.07, 6.45) is 5.42. The van der Waals surface area contributed by atoms with Crippen LogP contribution in [0.1, 0.15) is 42.9 Å². The van der Waals surface area contributed by atoms with Gasteiger partial charge in [-0.3, -0.25) is 4.79 Å². The molecule has 0 saturated carbocycles. The van der Waals surface area contributed by atoms with Gasteiger partial charge in [0.1, 0.15) is 5.92 Å². The first kappa shape index (κ1) is 13.6. The minimum atomic E-state index is -0.530. The SMILES string of the molecule is CCC(C#N)C(=O)NCc1ccc2c(c1)CCCC2. The first-order chi connectivity index (χ1) is 9.24. The molecular formula is C16H20N2O. The highest BCUT2D eigenvalue weighted by Crippen LogP contribution is 2.22. The van der Waals surface area contributed by atoms with Crippen LogP contribution < -0.4 is 5.32 Å². The second-order valence-corrected chi connectivity index (χ2v) is 5.12. The fourth-order valence-corrected chi connectivity index (χ4v) is 2.54. The molecule has 2 rings (SSSR count). The largest absolute Gasteiger partial charge is 0.351 e. The first-order valence-electron chi connectivity index (χ1n) is 7.02. The van der Waals surface area contributed by atoms with Gasteiger partial charge in [-0.1, -0.05) is 25.1 Å². The summed E-state index contributed by atoms with van der Waals surface area (Å²) >= 11 is 0. The van der Waals surface area contributed by atoms with Gasteiger partial charge in [0.15, 0.2) is 0 Å². The summed E-state index contributed by atoms with van der Waals surface area (Å²) in [6, 6.07) is 8.48. The highest BCUT2D eigenvalue weighted by molar-refractivity contribution is 5.80. The molecule has 0 aliphatic heterocycles. The smallest absolute Gasteiger partial charge is 0.237 e. The molecule has 1 unspecified atom stereocenters. The van der Waals surface area contributed by atoms with E-state index in [0.717, 1.165) is 12.0 Å². The van der Waals surface area contributed by atoms with Gasteiger partial charge in [-0.05, 0) is 48.8 Å². The van der Waals surface area contributed by atoms with Crippen LogP contribution in [0.5, 0.6) is 0 Å². The Hall–Kier alpha value is -1.82. The Morgan fingerprint density at radius 3 is 2.79 bits per heavy atom. The van der Waals surface area contributed by atoms with E-state index in [1.165, 1.54) is 30.4 Å². The molecule has 1 aliphatic rings. The Labute approximate surface area is 114 Å². The van der Waals surface area contributed by atoms with Crippen LogP contribution in [-0.4, -0.2) is 5.91 Å².